The summed E-state index contributed by atoms with van der Waals surface area (Å²) in [5, 5.41) is 3.24. The number of anilines is 3. The van der Waals surface area contributed by atoms with Gasteiger partial charge >= 0.3 is 0 Å². The number of aromatic nitrogens is 4. The van der Waals surface area contributed by atoms with Crippen molar-refractivity contribution in [2.75, 3.05) is 16.3 Å². The van der Waals surface area contributed by atoms with Crippen LogP contribution in [0.15, 0.2) is 85.7 Å². The maximum atomic E-state index is 11.7. The number of hydrogen-bond donors (Lipinski definition) is 2. The van der Waals surface area contributed by atoms with Crippen LogP contribution in [-0.2, 0) is 16.4 Å². The molecule has 162 valence electrons. The fraction of sp³-hybridized carbons (Fsp3) is 0.130. The van der Waals surface area contributed by atoms with Gasteiger partial charge in [0.2, 0.25) is 10.0 Å². The van der Waals surface area contributed by atoms with E-state index in [9.17, 15) is 8.42 Å². The molecule has 0 aromatic carbocycles. The van der Waals surface area contributed by atoms with Gasteiger partial charge in [-0.3, -0.25) is 14.7 Å². The molecule has 0 atom stereocenters. The minimum absolute atomic E-state index is 0.0182. The average molecular weight is 447 g/mol. The van der Waals surface area contributed by atoms with Crippen molar-refractivity contribution in [2.45, 2.75) is 12.3 Å². The summed E-state index contributed by atoms with van der Waals surface area (Å²) in [6.07, 6.45) is 12.2. The van der Waals surface area contributed by atoms with Crippen LogP contribution in [0.4, 0.5) is 17.3 Å². The van der Waals surface area contributed by atoms with Gasteiger partial charge in [0, 0.05) is 43.1 Å². The van der Waals surface area contributed by atoms with Crippen LogP contribution in [0, 0.1) is 0 Å². The van der Waals surface area contributed by atoms with Gasteiger partial charge in [0.05, 0.1) is 11.9 Å². The third-order valence-corrected chi connectivity index (χ3v) is 5.40. The fourth-order valence-corrected chi connectivity index (χ4v) is 3.93. The van der Waals surface area contributed by atoms with Gasteiger partial charge in [-0.05, 0) is 53.4 Å². The van der Waals surface area contributed by atoms with E-state index in [1.165, 1.54) is 6.20 Å². The normalized spacial score (nSPS) is 11.3. The van der Waals surface area contributed by atoms with Gasteiger partial charge in [-0.15, -0.1) is 0 Å². The zero-order valence-corrected chi connectivity index (χ0v) is 18.2. The van der Waals surface area contributed by atoms with Crippen LogP contribution in [0.1, 0.15) is 22.6 Å². The number of sulfonamides is 1. The molecule has 0 aliphatic heterocycles. The summed E-state index contributed by atoms with van der Waals surface area (Å²) in [5.41, 5.74) is 3.60. The van der Waals surface area contributed by atoms with Crippen LogP contribution in [0.25, 0.3) is 0 Å². The molecule has 0 saturated carbocycles. The Kier molecular flexibility index (Phi) is 6.37. The van der Waals surface area contributed by atoms with E-state index in [0.717, 1.165) is 22.9 Å². The molecule has 0 unspecified atom stereocenters. The Morgan fingerprint density at radius 3 is 2.00 bits per heavy atom. The quantitative estimate of drug-likeness (QED) is 0.424. The largest absolute Gasteiger partial charge is 0.337 e. The summed E-state index contributed by atoms with van der Waals surface area (Å²) in [7, 11) is -3.48. The lowest BCUT2D eigenvalue weighted by molar-refractivity contribution is 0.606. The van der Waals surface area contributed by atoms with Crippen molar-refractivity contribution < 1.29 is 8.42 Å². The van der Waals surface area contributed by atoms with Crippen LogP contribution >= 0.6 is 0 Å². The van der Waals surface area contributed by atoms with E-state index in [-0.39, 0.29) is 11.7 Å². The molecule has 8 nitrogen and oxygen atoms in total. The molecule has 0 aliphatic carbocycles. The molecule has 2 N–H and O–H groups in total. The summed E-state index contributed by atoms with van der Waals surface area (Å²) in [6.45, 7) is 0. The van der Waals surface area contributed by atoms with Gasteiger partial charge in [-0.1, -0.05) is 18.2 Å². The zero-order valence-electron chi connectivity index (χ0n) is 17.4. The van der Waals surface area contributed by atoms with E-state index in [4.69, 9.17) is 0 Å². The summed E-state index contributed by atoms with van der Waals surface area (Å²) >= 11 is 0. The Bertz CT molecular complexity index is 1240. The highest BCUT2D eigenvalue weighted by molar-refractivity contribution is 7.92. The Morgan fingerprint density at radius 1 is 0.812 bits per heavy atom. The van der Waals surface area contributed by atoms with Crippen LogP contribution in [0.5, 0.6) is 0 Å². The summed E-state index contributed by atoms with van der Waals surface area (Å²) in [6, 6.07) is 15.3. The van der Waals surface area contributed by atoms with Crippen molar-refractivity contribution in [1.29, 1.82) is 0 Å². The molecular weight excluding hydrogens is 424 g/mol. The van der Waals surface area contributed by atoms with Crippen molar-refractivity contribution in [3.8, 4) is 0 Å². The fourth-order valence-electron chi connectivity index (χ4n) is 3.42. The molecule has 0 fully saturated rings. The number of hydrogen-bond acceptors (Lipinski definition) is 7. The van der Waals surface area contributed by atoms with Crippen molar-refractivity contribution in [3.63, 3.8) is 0 Å². The summed E-state index contributed by atoms with van der Waals surface area (Å²) in [4.78, 5) is 17.2. The second kappa shape index (κ2) is 9.52. The molecule has 32 heavy (non-hydrogen) atoms. The first-order chi connectivity index (χ1) is 15.5. The molecule has 9 heteroatoms. The lowest BCUT2D eigenvalue weighted by Crippen LogP contribution is -2.13. The van der Waals surface area contributed by atoms with E-state index in [1.54, 1.807) is 30.7 Å². The van der Waals surface area contributed by atoms with Crippen LogP contribution in [-0.4, -0.2) is 34.6 Å². The summed E-state index contributed by atoms with van der Waals surface area (Å²) < 4.78 is 25.9. The Balaban J connectivity index is 1.68. The first-order valence-corrected chi connectivity index (χ1v) is 11.8. The monoisotopic (exact) mass is 446 g/mol. The number of nitrogens with zero attached hydrogens (tertiary/aromatic N) is 4. The third-order valence-electron chi connectivity index (χ3n) is 4.83. The maximum Gasteiger partial charge on any atom is 0.231 e. The van der Waals surface area contributed by atoms with E-state index in [2.05, 4.69) is 30.0 Å². The van der Waals surface area contributed by atoms with E-state index in [0.29, 0.717) is 17.9 Å². The van der Waals surface area contributed by atoms with Crippen molar-refractivity contribution in [2.24, 2.45) is 0 Å². The summed E-state index contributed by atoms with van der Waals surface area (Å²) in [5.74, 6) is 0.849. The van der Waals surface area contributed by atoms with Gasteiger partial charge in [0.15, 0.2) is 5.82 Å². The smallest absolute Gasteiger partial charge is 0.231 e. The zero-order chi connectivity index (χ0) is 22.4. The second-order valence-corrected chi connectivity index (χ2v) is 8.99. The highest BCUT2D eigenvalue weighted by Crippen LogP contribution is 2.31. The Morgan fingerprint density at radius 2 is 1.41 bits per heavy atom. The Labute approximate surface area is 186 Å². The molecule has 4 heterocycles. The average Bonchev–Trinajstić information content (AvgIpc) is 2.80. The van der Waals surface area contributed by atoms with Gasteiger partial charge < -0.3 is 5.32 Å². The highest BCUT2D eigenvalue weighted by atomic mass is 32.2. The first-order valence-electron chi connectivity index (χ1n) is 9.93. The molecule has 0 saturated heterocycles. The molecule has 0 spiro atoms. The molecule has 0 amide bonds. The molecule has 4 aromatic heterocycles. The minimum atomic E-state index is -3.48. The van der Waals surface area contributed by atoms with E-state index < -0.39 is 10.0 Å². The predicted octanol–water partition coefficient (Wildman–Crippen LogP) is 3.76. The van der Waals surface area contributed by atoms with Gasteiger partial charge in [0.25, 0.3) is 0 Å². The maximum absolute atomic E-state index is 11.7. The van der Waals surface area contributed by atoms with E-state index >= 15 is 0 Å². The van der Waals surface area contributed by atoms with Gasteiger partial charge in [0.1, 0.15) is 5.82 Å². The van der Waals surface area contributed by atoms with Gasteiger partial charge in [-0.2, -0.15) is 0 Å². The highest BCUT2D eigenvalue weighted by Gasteiger charge is 2.18. The van der Waals surface area contributed by atoms with Crippen molar-refractivity contribution >= 4 is 27.3 Å². The van der Waals surface area contributed by atoms with Gasteiger partial charge in [-0.25, -0.2) is 18.4 Å². The number of rotatable bonds is 8. The number of pyridine rings is 4. The van der Waals surface area contributed by atoms with Crippen LogP contribution < -0.4 is 10.0 Å². The standard InChI is InChI=1S/C23H22N6O2S/c1-32(30,31)29-23-21(9-5-13-27-23)28-22-17(6-4-12-26-22)14-20(18-7-2-10-24-15-18)19-8-3-11-25-16-19/h2-13,15-16,20H,14H2,1H3,(H,26,28)(H,27,29). The molecule has 4 rings (SSSR count). The molecule has 0 radical (unpaired) electrons. The van der Waals surface area contributed by atoms with Crippen molar-refractivity contribution in [1.82, 2.24) is 19.9 Å². The lowest BCUT2D eigenvalue weighted by Gasteiger charge is -2.20. The molecule has 0 aliphatic rings. The Hall–Kier alpha value is -3.85. The number of nitrogens with one attached hydrogen (secondary N) is 2. The minimum Gasteiger partial charge on any atom is -0.337 e. The van der Waals surface area contributed by atoms with Crippen LogP contribution in [0.3, 0.4) is 0 Å². The SMILES string of the molecule is CS(=O)(=O)Nc1ncccc1Nc1ncccc1CC(c1cccnc1)c1cccnc1. The van der Waals surface area contributed by atoms with Crippen molar-refractivity contribution in [3.05, 3.63) is 102 Å². The first kappa shape index (κ1) is 21.4. The molecule has 0 bridgehead atoms. The molecular formula is C23H22N6O2S. The topological polar surface area (TPSA) is 110 Å². The van der Waals surface area contributed by atoms with Crippen LogP contribution in [0.2, 0.25) is 0 Å². The lowest BCUT2D eigenvalue weighted by atomic mass is 9.87. The third kappa shape index (κ3) is 5.44. The van der Waals surface area contributed by atoms with E-state index in [1.807, 2.05) is 48.8 Å². The second-order valence-electron chi connectivity index (χ2n) is 7.24. The molecule has 4 aromatic rings. The predicted molar refractivity (Wildman–Crippen MR) is 124 cm³/mol.